The van der Waals surface area contributed by atoms with E-state index in [1.54, 1.807) is 0 Å². The van der Waals surface area contributed by atoms with Crippen LogP contribution in [0.3, 0.4) is 0 Å². The number of halogens is 1. The number of hydrogen-bond acceptors (Lipinski definition) is 2. The van der Waals surface area contributed by atoms with Crippen molar-refractivity contribution in [3.8, 4) is 0 Å². The third-order valence-corrected chi connectivity index (χ3v) is 6.56. The predicted molar refractivity (Wildman–Crippen MR) is 57.9 cm³/mol. The summed E-state index contributed by atoms with van der Waals surface area (Å²) in [5.41, 5.74) is 0. The first-order valence-electron chi connectivity index (χ1n) is 5.39. The molecule has 0 aliphatic heterocycles. The van der Waals surface area contributed by atoms with Crippen molar-refractivity contribution in [2.75, 3.05) is 0 Å². The summed E-state index contributed by atoms with van der Waals surface area (Å²) < 4.78 is 22.2. The fourth-order valence-electron chi connectivity index (χ4n) is 2.45. The van der Waals surface area contributed by atoms with E-state index in [0.29, 0.717) is 5.92 Å². The maximum atomic E-state index is 11.3. The van der Waals surface area contributed by atoms with Crippen molar-refractivity contribution in [3.63, 3.8) is 0 Å². The Kier molecular flexibility index (Phi) is 2.59. The summed E-state index contributed by atoms with van der Waals surface area (Å²) in [4.78, 5) is 0. The first-order chi connectivity index (χ1) is 6.45. The van der Waals surface area contributed by atoms with E-state index in [9.17, 15) is 8.42 Å². The summed E-state index contributed by atoms with van der Waals surface area (Å²) in [5.74, 6) is 1.28. The molecule has 2 nitrogen and oxygen atoms in total. The van der Waals surface area contributed by atoms with Gasteiger partial charge in [-0.1, -0.05) is 26.2 Å². The molecule has 0 amide bonds. The first kappa shape index (κ1) is 10.7. The van der Waals surface area contributed by atoms with Crippen LogP contribution in [0.2, 0.25) is 0 Å². The lowest BCUT2D eigenvalue weighted by molar-refractivity contribution is 0.207. The molecule has 0 saturated heterocycles. The Morgan fingerprint density at radius 1 is 1.43 bits per heavy atom. The Balaban J connectivity index is 1.97. The second-order valence-electron chi connectivity index (χ2n) is 4.99. The zero-order valence-electron chi connectivity index (χ0n) is 8.50. The minimum atomic E-state index is -3.33. The van der Waals surface area contributed by atoms with Gasteiger partial charge in [-0.25, -0.2) is 8.42 Å². The number of hydrogen-bond donors (Lipinski definition) is 0. The van der Waals surface area contributed by atoms with Gasteiger partial charge in [0.15, 0.2) is 0 Å². The highest BCUT2D eigenvalue weighted by Crippen LogP contribution is 2.52. The molecule has 2 aliphatic carbocycles. The molecule has 1 unspecified atom stereocenters. The van der Waals surface area contributed by atoms with Gasteiger partial charge < -0.3 is 0 Å². The normalized spacial score (nSPS) is 28.1. The SMILES string of the molecule is CC(CC1(S(=O)(=O)Cl)CC1)C1CCC1. The van der Waals surface area contributed by atoms with Crippen LogP contribution < -0.4 is 0 Å². The van der Waals surface area contributed by atoms with Gasteiger partial charge in [-0.2, -0.15) is 0 Å². The van der Waals surface area contributed by atoms with Crippen LogP contribution >= 0.6 is 10.7 Å². The van der Waals surface area contributed by atoms with Crippen molar-refractivity contribution >= 4 is 19.7 Å². The van der Waals surface area contributed by atoms with E-state index in [0.717, 1.165) is 25.2 Å². The molecule has 2 saturated carbocycles. The Morgan fingerprint density at radius 3 is 2.29 bits per heavy atom. The Morgan fingerprint density at radius 2 is 2.00 bits per heavy atom. The first-order valence-corrected chi connectivity index (χ1v) is 7.70. The maximum Gasteiger partial charge on any atom is 0.238 e. The largest absolute Gasteiger partial charge is 0.238 e. The maximum absolute atomic E-state index is 11.3. The summed E-state index contributed by atoms with van der Waals surface area (Å²) in [5, 5.41) is 0. The van der Waals surface area contributed by atoms with E-state index in [1.165, 1.54) is 19.3 Å². The van der Waals surface area contributed by atoms with Crippen LogP contribution in [0, 0.1) is 11.8 Å². The van der Waals surface area contributed by atoms with Gasteiger partial charge in [0, 0.05) is 10.7 Å². The summed E-state index contributed by atoms with van der Waals surface area (Å²) in [6.07, 6.45) is 6.20. The van der Waals surface area contributed by atoms with E-state index in [1.807, 2.05) is 0 Å². The molecule has 4 heteroatoms. The molecule has 2 rings (SSSR count). The lowest BCUT2D eigenvalue weighted by atomic mass is 9.75. The van der Waals surface area contributed by atoms with Gasteiger partial charge in [0.1, 0.15) is 0 Å². The van der Waals surface area contributed by atoms with Gasteiger partial charge in [0.25, 0.3) is 0 Å². The fraction of sp³-hybridized carbons (Fsp3) is 1.00. The molecule has 14 heavy (non-hydrogen) atoms. The highest BCUT2D eigenvalue weighted by Gasteiger charge is 2.54. The molecule has 2 aliphatic rings. The van der Waals surface area contributed by atoms with E-state index in [-0.39, 0.29) is 0 Å². The molecular weight excluding hydrogens is 220 g/mol. The van der Waals surface area contributed by atoms with Crippen molar-refractivity contribution < 1.29 is 8.42 Å². The monoisotopic (exact) mass is 236 g/mol. The lowest BCUT2D eigenvalue weighted by Crippen LogP contribution is -2.27. The molecule has 0 aromatic carbocycles. The second-order valence-corrected chi connectivity index (χ2v) is 7.95. The minimum absolute atomic E-state index is 0.528. The highest BCUT2D eigenvalue weighted by atomic mass is 35.7. The minimum Gasteiger partial charge on any atom is -0.212 e. The molecular formula is C10H17ClO2S. The van der Waals surface area contributed by atoms with Crippen molar-refractivity contribution in [2.24, 2.45) is 11.8 Å². The van der Waals surface area contributed by atoms with E-state index in [2.05, 4.69) is 6.92 Å². The van der Waals surface area contributed by atoms with Gasteiger partial charge in [-0.05, 0) is 31.1 Å². The van der Waals surface area contributed by atoms with Crippen LogP contribution in [0.15, 0.2) is 0 Å². The van der Waals surface area contributed by atoms with E-state index in [4.69, 9.17) is 10.7 Å². The molecule has 0 radical (unpaired) electrons. The van der Waals surface area contributed by atoms with Gasteiger partial charge in [0.2, 0.25) is 9.05 Å². The topological polar surface area (TPSA) is 34.1 Å². The zero-order chi connectivity index (χ0) is 10.4. The van der Waals surface area contributed by atoms with Gasteiger partial charge in [0.05, 0.1) is 4.75 Å². The van der Waals surface area contributed by atoms with E-state index >= 15 is 0 Å². The fourth-order valence-corrected chi connectivity index (χ4v) is 4.15. The van der Waals surface area contributed by atoms with Crippen LogP contribution in [0.5, 0.6) is 0 Å². The van der Waals surface area contributed by atoms with E-state index < -0.39 is 13.8 Å². The highest BCUT2D eigenvalue weighted by molar-refractivity contribution is 8.15. The van der Waals surface area contributed by atoms with Crippen LogP contribution in [-0.4, -0.2) is 13.2 Å². The molecule has 2 fully saturated rings. The average molecular weight is 237 g/mol. The van der Waals surface area contributed by atoms with Gasteiger partial charge >= 0.3 is 0 Å². The van der Waals surface area contributed by atoms with Crippen LogP contribution in [0.4, 0.5) is 0 Å². The van der Waals surface area contributed by atoms with Crippen molar-refractivity contribution in [3.05, 3.63) is 0 Å². The lowest BCUT2D eigenvalue weighted by Gasteiger charge is -2.33. The predicted octanol–water partition coefficient (Wildman–Crippen LogP) is 2.91. The summed E-state index contributed by atoms with van der Waals surface area (Å²) >= 11 is 0. The second kappa shape index (κ2) is 3.38. The Bertz CT molecular complexity index is 315. The average Bonchev–Trinajstić information content (AvgIpc) is 2.61. The molecule has 0 N–H and O–H groups in total. The van der Waals surface area contributed by atoms with Gasteiger partial charge in [-0.3, -0.25) is 0 Å². The summed E-state index contributed by atoms with van der Waals surface area (Å²) in [6, 6.07) is 0. The van der Waals surface area contributed by atoms with Crippen LogP contribution in [0.25, 0.3) is 0 Å². The van der Waals surface area contributed by atoms with Crippen LogP contribution in [-0.2, 0) is 9.05 Å². The standard InChI is InChI=1S/C10H17ClO2S/c1-8(9-3-2-4-9)7-10(5-6-10)14(11,12)13/h8-9H,2-7H2,1H3. The molecule has 1 atom stereocenters. The Labute approximate surface area is 90.4 Å². The molecule has 82 valence electrons. The summed E-state index contributed by atoms with van der Waals surface area (Å²) in [7, 11) is 2.14. The summed E-state index contributed by atoms with van der Waals surface area (Å²) in [6.45, 7) is 2.17. The van der Waals surface area contributed by atoms with Crippen molar-refractivity contribution in [2.45, 2.75) is 50.2 Å². The zero-order valence-corrected chi connectivity index (χ0v) is 10.1. The van der Waals surface area contributed by atoms with Crippen LogP contribution in [0.1, 0.15) is 45.4 Å². The molecule has 0 aromatic rings. The molecule has 0 aromatic heterocycles. The third-order valence-electron chi connectivity index (χ3n) is 3.97. The quantitative estimate of drug-likeness (QED) is 0.704. The molecule has 0 heterocycles. The molecule has 0 spiro atoms. The van der Waals surface area contributed by atoms with Crippen molar-refractivity contribution in [1.82, 2.24) is 0 Å². The smallest absolute Gasteiger partial charge is 0.212 e. The molecule has 0 bridgehead atoms. The Hall–Kier alpha value is 0.240. The van der Waals surface area contributed by atoms with Crippen molar-refractivity contribution in [1.29, 1.82) is 0 Å². The third kappa shape index (κ3) is 1.81. The van der Waals surface area contributed by atoms with Gasteiger partial charge in [-0.15, -0.1) is 0 Å². The number of rotatable bonds is 4.